The molecule has 0 rings (SSSR count). The van der Waals surface area contributed by atoms with Crippen LogP contribution >= 0.6 is 0 Å². The molecule has 0 spiro atoms. The van der Waals surface area contributed by atoms with Gasteiger partial charge in [0, 0.05) is 19.3 Å². The third-order valence-electron chi connectivity index (χ3n) is 11.0. The SMILES string of the molecule is CC/C=C\C/C=C\C/C=C\C/C=C\C/C=C\C/C=C\C/C=C\C/C=C\C/C=C\CCCCCCCC(=O)OCC(COC(=O)CCCCCCC)OC(=O)CCCCCCC/C=C\CCCC. The highest BCUT2D eigenvalue weighted by Gasteiger charge is 2.19. The van der Waals surface area contributed by atoms with E-state index in [1.165, 1.54) is 32.1 Å². The summed E-state index contributed by atoms with van der Waals surface area (Å²) in [5.41, 5.74) is 0. The van der Waals surface area contributed by atoms with Gasteiger partial charge in [0.05, 0.1) is 0 Å². The van der Waals surface area contributed by atoms with Crippen molar-refractivity contribution in [3.63, 3.8) is 0 Å². The van der Waals surface area contributed by atoms with Gasteiger partial charge in [-0.05, 0) is 109 Å². The summed E-state index contributed by atoms with van der Waals surface area (Å²) in [5, 5.41) is 0. The average molecular weight is 927 g/mol. The minimum absolute atomic E-state index is 0.0903. The van der Waals surface area contributed by atoms with E-state index in [0.717, 1.165) is 154 Å². The standard InChI is InChI=1S/C61H98O6/c1-4-7-10-13-15-17-19-20-21-22-23-24-25-26-27-28-29-30-31-32-33-34-35-36-37-38-39-40-42-43-45-48-51-54-60(63)66-57-58(56-65-59(62)53-50-47-12-9-6-3)67-61(64)55-52-49-46-44-41-18-16-14-11-8-5-2/h7,10,14-17,20-21,23-24,26-27,29-30,32-33,35-36,38-39,58H,4-6,8-9,11-13,18-19,22,25,28,31,34,37,40-57H2,1-3H3/b10-7-,16-14-,17-15-,21-20-,24-23-,27-26-,30-29-,33-32-,36-35-,39-38-. The number of hydrogen-bond donors (Lipinski definition) is 0. The molecule has 0 radical (unpaired) electrons. The number of carbonyl (C=O) groups excluding carboxylic acids is 3. The van der Waals surface area contributed by atoms with E-state index in [-0.39, 0.29) is 31.1 Å². The zero-order chi connectivity index (χ0) is 48.6. The maximum atomic E-state index is 12.7. The average Bonchev–Trinajstić information content (AvgIpc) is 3.33. The molecule has 0 amide bonds. The molecule has 0 aliphatic carbocycles. The molecule has 1 unspecified atom stereocenters. The van der Waals surface area contributed by atoms with E-state index < -0.39 is 6.10 Å². The fourth-order valence-corrected chi connectivity index (χ4v) is 6.88. The van der Waals surface area contributed by atoms with Gasteiger partial charge in [0.15, 0.2) is 6.10 Å². The van der Waals surface area contributed by atoms with Gasteiger partial charge in [0.1, 0.15) is 13.2 Å². The first-order valence-corrected chi connectivity index (χ1v) is 27.0. The van der Waals surface area contributed by atoms with Gasteiger partial charge in [-0.3, -0.25) is 14.4 Å². The Balaban J connectivity index is 4.10. The lowest BCUT2D eigenvalue weighted by atomic mass is 10.1. The monoisotopic (exact) mass is 927 g/mol. The fourth-order valence-electron chi connectivity index (χ4n) is 6.88. The number of allylic oxidation sites excluding steroid dienone is 20. The summed E-state index contributed by atoms with van der Waals surface area (Å²) in [5.74, 6) is -0.943. The van der Waals surface area contributed by atoms with Crippen LogP contribution in [0.5, 0.6) is 0 Å². The minimum Gasteiger partial charge on any atom is -0.462 e. The van der Waals surface area contributed by atoms with E-state index in [2.05, 4.69) is 142 Å². The van der Waals surface area contributed by atoms with Crippen molar-refractivity contribution in [2.75, 3.05) is 13.2 Å². The van der Waals surface area contributed by atoms with E-state index in [0.29, 0.717) is 19.3 Å². The molecular weight excluding hydrogens is 829 g/mol. The Morgan fingerprint density at radius 2 is 0.597 bits per heavy atom. The van der Waals surface area contributed by atoms with E-state index in [4.69, 9.17) is 14.2 Å². The maximum absolute atomic E-state index is 12.7. The van der Waals surface area contributed by atoms with Crippen molar-refractivity contribution in [1.82, 2.24) is 0 Å². The summed E-state index contributed by atoms with van der Waals surface area (Å²) < 4.78 is 16.6. The summed E-state index contributed by atoms with van der Waals surface area (Å²) in [6.45, 7) is 6.35. The van der Waals surface area contributed by atoms with E-state index in [1.54, 1.807) is 0 Å². The molecule has 0 aliphatic rings. The molecule has 6 heteroatoms. The van der Waals surface area contributed by atoms with Crippen LogP contribution in [0, 0.1) is 0 Å². The summed E-state index contributed by atoms with van der Waals surface area (Å²) >= 11 is 0. The molecular formula is C61H98O6. The molecule has 0 heterocycles. The Morgan fingerprint density at radius 3 is 0.970 bits per heavy atom. The Morgan fingerprint density at radius 1 is 0.313 bits per heavy atom. The minimum atomic E-state index is -0.787. The highest BCUT2D eigenvalue weighted by molar-refractivity contribution is 5.71. The van der Waals surface area contributed by atoms with Gasteiger partial charge in [-0.25, -0.2) is 0 Å². The molecule has 378 valence electrons. The molecule has 0 N–H and O–H groups in total. The molecule has 0 aliphatic heterocycles. The third-order valence-corrected chi connectivity index (χ3v) is 11.0. The smallest absolute Gasteiger partial charge is 0.306 e. The van der Waals surface area contributed by atoms with Crippen LogP contribution in [0.15, 0.2) is 122 Å². The Bertz CT molecular complexity index is 1440. The lowest BCUT2D eigenvalue weighted by Crippen LogP contribution is -2.30. The molecule has 0 saturated heterocycles. The van der Waals surface area contributed by atoms with Gasteiger partial charge >= 0.3 is 17.9 Å². The normalized spacial score (nSPS) is 13.1. The predicted octanol–water partition coefficient (Wildman–Crippen LogP) is 18.1. The molecule has 0 bridgehead atoms. The molecule has 1 atom stereocenters. The Kier molecular flexibility index (Phi) is 51.0. The lowest BCUT2D eigenvalue weighted by Gasteiger charge is -2.18. The Labute approximate surface area is 412 Å². The summed E-state index contributed by atoms with van der Waals surface area (Å²) in [7, 11) is 0. The highest BCUT2D eigenvalue weighted by atomic mass is 16.6. The molecule has 0 aromatic rings. The van der Waals surface area contributed by atoms with E-state index in [9.17, 15) is 14.4 Å². The first-order chi connectivity index (χ1) is 33.0. The summed E-state index contributed by atoms with van der Waals surface area (Å²) in [6, 6.07) is 0. The highest BCUT2D eigenvalue weighted by Crippen LogP contribution is 2.13. The molecule has 0 aromatic carbocycles. The predicted molar refractivity (Wildman–Crippen MR) is 288 cm³/mol. The number of carbonyl (C=O) groups is 3. The van der Waals surface area contributed by atoms with Crippen LogP contribution < -0.4 is 0 Å². The zero-order valence-corrected chi connectivity index (χ0v) is 43.1. The van der Waals surface area contributed by atoms with Crippen LogP contribution in [0.25, 0.3) is 0 Å². The second-order valence-corrected chi connectivity index (χ2v) is 17.4. The zero-order valence-electron chi connectivity index (χ0n) is 43.1. The molecule has 6 nitrogen and oxygen atoms in total. The largest absolute Gasteiger partial charge is 0.462 e. The topological polar surface area (TPSA) is 78.9 Å². The molecule has 0 saturated carbocycles. The number of esters is 3. The van der Waals surface area contributed by atoms with Crippen molar-refractivity contribution in [3.8, 4) is 0 Å². The van der Waals surface area contributed by atoms with Crippen molar-refractivity contribution < 1.29 is 28.6 Å². The van der Waals surface area contributed by atoms with Gasteiger partial charge in [-0.1, -0.05) is 219 Å². The van der Waals surface area contributed by atoms with Gasteiger partial charge in [-0.15, -0.1) is 0 Å². The van der Waals surface area contributed by atoms with E-state index in [1.807, 2.05) is 0 Å². The van der Waals surface area contributed by atoms with Crippen LogP contribution in [0.3, 0.4) is 0 Å². The van der Waals surface area contributed by atoms with Gasteiger partial charge in [-0.2, -0.15) is 0 Å². The second-order valence-electron chi connectivity index (χ2n) is 17.4. The molecule has 0 fully saturated rings. The van der Waals surface area contributed by atoms with Crippen LogP contribution in [0.1, 0.15) is 226 Å². The molecule has 0 aromatic heterocycles. The van der Waals surface area contributed by atoms with Crippen LogP contribution in [-0.4, -0.2) is 37.2 Å². The van der Waals surface area contributed by atoms with Gasteiger partial charge < -0.3 is 14.2 Å². The number of ether oxygens (including phenoxy) is 3. The van der Waals surface area contributed by atoms with Crippen molar-refractivity contribution in [3.05, 3.63) is 122 Å². The second kappa shape index (κ2) is 54.4. The first-order valence-electron chi connectivity index (χ1n) is 27.0. The van der Waals surface area contributed by atoms with E-state index >= 15 is 0 Å². The van der Waals surface area contributed by atoms with Crippen molar-refractivity contribution >= 4 is 17.9 Å². The van der Waals surface area contributed by atoms with Crippen molar-refractivity contribution in [1.29, 1.82) is 0 Å². The van der Waals surface area contributed by atoms with Gasteiger partial charge in [0.2, 0.25) is 0 Å². The first kappa shape index (κ1) is 62.8. The fraction of sp³-hybridized carbons (Fsp3) is 0.623. The number of unbranched alkanes of at least 4 members (excludes halogenated alkanes) is 16. The van der Waals surface area contributed by atoms with Crippen molar-refractivity contribution in [2.24, 2.45) is 0 Å². The number of rotatable bonds is 47. The Hall–Kier alpha value is -4.19. The quantitative estimate of drug-likeness (QED) is 0.0262. The molecule has 67 heavy (non-hydrogen) atoms. The lowest BCUT2D eigenvalue weighted by molar-refractivity contribution is -0.167. The summed E-state index contributed by atoms with van der Waals surface area (Å²) in [6.07, 6.45) is 75.2. The van der Waals surface area contributed by atoms with Gasteiger partial charge in [0.25, 0.3) is 0 Å². The maximum Gasteiger partial charge on any atom is 0.306 e. The van der Waals surface area contributed by atoms with Crippen LogP contribution in [-0.2, 0) is 28.6 Å². The van der Waals surface area contributed by atoms with Crippen LogP contribution in [0.4, 0.5) is 0 Å². The van der Waals surface area contributed by atoms with Crippen LogP contribution in [0.2, 0.25) is 0 Å². The van der Waals surface area contributed by atoms with Crippen molar-refractivity contribution in [2.45, 2.75) is 232 Å². The summed E-state index contributed by atoms with van der Waals surface area (Å²) in [4.78, 5) is 37.6. The third kappa shape index (κ3) is 52.6. The number of hydrogen-bond acceptors (Lipinski definition) is 6.